The summed E-state index contributed by atoms with van der Waals surface area (Å²) in [4.78, 5) is 32.5. The third kappa shape index (κ3) is 4.74. The summed E-state index contributed by atoms with van der Waals surface area (Å²) in [6, 6.07) is -1.04. The lowest BCUT2D eigenvalue weighted by atomic mass is 9.94. The highest BCUT2D eigenvalue weighted by Gasteiger charge is 2.28. The summed E-state index contributed by atoms with van der Waals surface area (Å²) in [6.45, 7) is 2.87. The zero-order chi connectivity index (χ0) is 12.9. The summed E-state index contributed by atoms with van der Waals surface area (Å²) in [7, 11) is 0. The second kappa shape index (κ2) is 5.45. The summed E-state index contributed by atoms with van der Waals surface area (Å²) in [5, 5.41) is 11.1. The summed E-state index contributed by atoms with van der Waals surface area (Å²) in [5.41, 5.74) is 9.15. The van der Waals surface area contributed by atoms with Gasteiger partial charge in [-0.3, -0.25) is 14.4 Å². The first kappa shape index (κ1) is 14.4. The van der Waals surface area contributed by atoms with E-state index in [4.69, 9.17) is 16.6 Å². The molecule has 6 N–H and O–H groups in total. The van der Waals surface area contributed by atoms with Gasteiger partial charge in [0.05, 0.1) is 17.9 Å². The van der Waals surface area contributed by atoms with Crippen LogP contribution in [0, 0.1) is 5.41 Å². The van der Waals surface area contributed by atoms with E-state index < -0.39 is 29.2 Å². The molecule has 0 spiro atoms. The van der Waals surface area contributed by atoms with Crippen molar-refractivity contribution in [2.24, 2.45) is 16.9 Å². The van der Waals surface area contributed by atoms with E-state index in [1.54, 1.807) is 0 Å². The zero-order valence-corrected chi connectivity index (χ0v) is 9.32. The van der Waals surface area contributed by atoms with Crippen molar-refractivity contribution in [3.63, 3.8) is 0 Å². The molecule has 1 unspecified atom stereocenters. The summed E-state index contributed by atoms with van der Waals surface area (Å²) in [5.74, 6) is -2.30. The van der Waals surface area contributed by atoms with E-state index in [1.807, 2.05) is 0 Å². The minimum absolute atomic E-state index is 0.0619. The Kier molecular flexibility index (Phi) is 4.90. The lowest BCUT2D eigenvalue weighted by molar-refractivity contribution is -0.147. The largest absolute Gasteiger partial charge is 0.481 e. The molecule has 0 fully saturated rings. The van der Waals surface area contributed by atoms with Gasteiger partial charge in [-0.25, -0.2) is 0 Å². The monoisotopic (exact) mass is 231 g/mol. The van der Waals surface area contributed by atoms with Gasteiger partial charge in [0.1, 0.15) is 0 Å². The maximum absolute atomic E-state index is 11.3. The molecule has 0 bridgehead atoms. The standard InChI is InChI=1S/C9H17N3O4/c1-9(2,8(15)16)4-12-7(14)5(10)3-6(11)13/h5H,3-4,10H2,1-2H3,(H2,11,13)(H,12,14)(H,15,16). The highest BCUT2D eigenvalue weighted by atomic mass is 16.4. The van der Waals surface area contributed by atoms with Gasteiger partial charge in [-0.05, 0) is 13.8 Å². The van der Waals surface area contributed by atoms with Gasteiger partial charge >= 0.3 is 5.97 Å². The summed E-state index contributed by atoms with van der Waals surface area (Å²) >= 11 is 0. The highest BCUT2D eigenvalue weighted by Crippen LogP contribution is 2.12. The van der Waals surface area contributed by atoms with Crippen LogP contribution in [0.15, 0.2) is 0 Å². The van der Waals surface area contributed by atoms with E-state index in [2.05, 4.69) is 5.32 Å². The van der Waals surface area contributed by atoms with E-state index in [9.17, 15) is 14.4 Å². The van der Waals surface area contributed by atoms with E-state index in [0.29, 0.717) is 0 Å². The van der Waals surface area contributed by atoms with Crippen molar-refractivity contribution in [3.05, 3.63) is 0 Å². The summed E-state index contributed by atoms with van der Waals surface area (Å²) < 4.78 is 0. The molecule has 0 aromatic rings. The Morgan fingerprint density at radius 1 is 1.38 bits per heavy atom. The Morgan fingerprint density at radius 3 is 2.25 bits per heavy atom. The van der Waals surface area contributed by atoms with Crippen LogP contribution in [0.2, 0.25) is 0 Å². The molecule has 0 aromatic carbocycles. The molecule has 0 aliphatic heterocycles. The average molecular weight is 231 g/mol. The normalized spacial score (nSPS) is 12.9. The zero-order valence-electron chi connectivity index (χ0n) is 9.32. The van der Waals surface area contributed by atoms with Crippen molar-refractivity contribution < 1.29 is 19.5 Å². The molecule has 1 atom stereocenters. The smallest absolute Gasteiger partial charge is 0.310 e. The van der Waals surface area contributed by atoms with E-state index >= 15 is 0 Å². The van der Waals surface area contributed by atoms with Gasteiger partial charge in [-0.15, -0.1) is 0 Å². The molecule has 0 heterocycles. The fourth-order valence-electron chi connectivity index (χ4n) is 0.824. The SMILES string of the molecule is CC(C)(CNC(=O)C(N)CC(N)=O)C(=O)O. The molecule has 7 heteroatoms. The van der Waals surface area contributed by atoms with Crippen LogP contribution in [0.25, 0.3) is 0 Å². The van der Waals surface area contributed by atoms with Crippen molar-refractivity contribution >= 4 is 17.8 Å². The van der Waals surface area contributed by atoms with Gasteiger partial charge in [0.2, 0.25) is 11.8 Å². The topological polar surface area (TPSA) is 136 Å². The first-order chi connectivity index (χ1) is 7.16. The molecular formula is C9H17N3O4. The quantitative estimate of drug-likeness (QED) is 0.437. The second-order valence-electron chi connectivity index (χ2n) is 4.18. The van der Waals surface area contributed by atoms with Gasteiger partial charge in [-0.1, -0.05) is 0 Å². The molecule has 0 saturated heterocycles. The number of carboxylic acids is 1. The Hall–Kier alpha value is -1.63. The van der Waals surface area contributed by atoms with Crippen molar-refractivity contribution in [1.29, 1.82) is 0 Å². The fraction of sp³-hybridized carbons (Fsp3) is 0.667. The Morgan fingerprint density at radius 2 is 1.88 bits per heavy atom. The number of amides is 2. The number of hydrogen-bond acceptors (Lipinski definition) is 4. The maximum atomic E-state index is 11.3. The van der Waals surface area contributed by atoms with Crippen LogP contribution in [-0.4, -0.2) is 35.5 Å². The predicted molar refractivity (Wildman–Crippen MR) is 56.2 cm³/mol. The van der Waals surface area contributed by atoms with E-state index in [1.165, 1.54) is 13.8 Å². The van der Waals surface area contributed by atoms with Gasteiger partial charge in [-0.2, -0.15) is 0 Å². The minimum Gasteiger partial charge on any atom is -0.481 e. The number of carboxylic acid groups (broad SMARTS) is 1. The molecule has 0 aliphatic rings. The molecular weight excluding hydrogens is 214 g/mol. The average Bonchev–Trinajstić information content (AvgIpc) is 2.12. The second-order valence-corrected chi connectivity index (χ2v) is 4.18. The molecule has 0 saturated carbocycles. The Balaban J connectivity index is 4.17. The number of carbonyl (C=O) groups is 3. The van der Waals surface area contributed by atoms with Gasteiger partial charge in [0.15, 0.2) is 0 Å². The van der Waals surface area contributed by atoms with Crippen molar-refractivity contribution in [1.82, 2.24) is 5.32 Å². The van der Waals surface area contributed by atoms with Gasteiger partial charge in [0, 0.05) is 6.54 Å². The molecule has 2 amide bonds. The number of aliphatic carboxylic acids is 1. The predicted octanol–water partition coefficient (Wildman–Crippen LogP) is -1.58. The van der Waals surface area contributed by atoms with Gasteiger partial charge < -0.3 is 21.9 Å². The third-order valence-electron chi connectivity index (χ3n) is 2.04. The van der Waals surface area contributed by atoms with Crippen LogP contribution >= 0.6 is 0 Å². The fourth-order valence-corrected chi connectivity index (χ4v) is 0.824. The minimum atomic E-state index is -1.08. The number of primary amides is 1. The van der Waals surface area contributed by atoms with Crippen LogP contribution in [0.1, 0.15) is 20.3 Å². The molecule has 0 aliphatic carbocycles. The van der Waals surface area contributed by atoms with E-state index in [0.717, 1.165) is 0 Å². The number of rotatable bonds is 6. The highest BCUT2D eigenvalue weighted by molar-refractivity contribution is 5.87. The van der Waals surface area contributed by atoms with Crippen LogP contribution in [-0.2, 0) is 14.4 Å². The van der Waals surface area contributed by atoms with Crippen LogP contribution in [0.3, 0.4) is 0 Å². The van der Waals surface area contributed by atoms with Crippen molar-refractivity contribution in [2.45, 2.75) is 26.3 Å². The number of carbonyl (C=O) groups excluding carboxylic acids is 2. The van der Waals surface area contributed by atoms with Crippen molar-refractivity contribution in [3.8, 4) is 0 Å². The number of nitrogens with two attached hydrogens (primary N) is 2. The third-order valence-corrected chi connectivity index (χ3v) is 2.04. The molecule has 16 heavy (non-hydrogen) atoms. The van der Waals surface area contributed by atoms with Gasteiger partial charge in [0.25, 0.3) is 0 Å². The lowest BCUT2D eigenvalue weighted by Gasteiger charge is -2.20. The molecule has 0 rings (SSSR count). The Bertz CT molecular complexity index is 301. The molecule has 7 nitrogen and oxygen atoms in total. The Labute approximate surface area is 93.2 Å². The number of nitrogens with one attached hydrogen (secondary N) is 1. The maximum Gasteiger partial charge on any atom is 0.310 e. The first-order valence-electron chi connectivity index (χ1n) is 4.72. The first-order valence-corrected chi connectivity index (χ1v) is 4.72. The van der Waals surface area contributed by atoms with Crippen LogP contribution < -0.4 is 16.8 Å². The van der Waals surface area contributed by atoms with Crippen LogP contribution in [0.5, 0.6) is 0 Å². The number of hydrogen-bond donors (Lipinski definition) is 4. The van der Waals surface area contributed by atoms with E-state index in [-0.39, 0.29) is 13.0 Å². The lowest BCUT2D eigenvalue weighted by Crippen LogP contribution is -2.47. The molecule has 0 aromatic heterocycles. The summed E-state index contributed by atoms with van der Waals surface area (Å²) in [6.07, 6.45) is -0.265. The molecule has 0 radical (unpaired) electrons. The van der Waals surface area contributed by atoms with Crippen molar-refractivity contribution in [2.75, 3.05) is 6.54 Å². The molecule has 92 valence electrons. The van der Waals surface area contributed by atoms with Crippen LogP contribution in [0.4, 0.5) is 0 Å².